The lowest BCUT2D eigenvalue weighted by Crippen LogP contribution is -2.16. The van der Waals surface area contributed by atoms with Gasteiger partial charge in [0, 0.05) is 5.57 Å². The molecule has 0 radical (unpaired) electrons. The van der Waals surface area contributed by atoms with E-state index in [2.05, 4.69) is 0 Å². The summed E-state index contributed by atoms with van der Waals surface area (Å²) in [5, 5.41) is 0.494. The van der Waals surface area contributed by atoms with E-state index in [4.69, 9.17) is 25.8 Å². The van der Waals surface area contributed by atoms with Crippen LogP contribution in [0.25, 0.3) is 6.08 Å². The second-order valence-electron chi connectivity index (χ2n) is 5.70. The molecule has 0 spiro atoms. The van der Waals surface area contributed by atoms with Gasteiger partial charge in [0.1, 0.15) is 5.75 Å². The van der Waals surface area contributed by atoms with Gasteiger partial charge in [-0.3, -0.25) is 4.79 Å². The van der Waals surface area contributed by atoms with E-state index >= 15 is 0 Å². The van der Waals surface area contributed by atoms with Crippen molar-refractivity contribution in [3.63, 3.8) is 0 Å². The highest BCUT2D eigenvalue weighted by Crippen LogP contribution is 2.39. The van der Waals surface area contributed by atoms with E-state index < -0.39 is 0 Å². The molecule has 5 heteroatoms. The first kappa shape index (κ1) is 17.4. The zero-order valence-electron chi connectivity index (χ0n) is 14.4. The molecule has 0 aliphatic heterocycles. The number of ether oxygens (including phenoxy) is 3. The molecule has 0 atom stereocenters. The molecule has 0 saturated carbocycles. The predicted octanol–water partition coefficient (Wildman–Crippen LogP) is 4.58. The third-order valence-corrected chi connectivity index (χ3v) is 4.76. The SMILES string of the molecule is COc1cccc(C=C2CCc3ccc(OC)c(OC)c3C2=O)c1Cl. The van der Waals surface area contributed by atoms with Crippen molar-refractivity contribution >= 4 is 23.5 Å². The largest absolute Gasteiger partial charge is 0.495 e. The Kier molecular flexibility index (Phi) is 5.00. The van der Waals surface area contributed by atoms with Crippen molar-refractivity contribution in [3.05, 3.63) is 57.6 Å². The molecule has 25 heavy (non-hydrogen) atoms. The third kappa shape index (κ3) is 3.10. The molecule has 130 valence electrons. The molecule has 0 unspecified atom stereocenters. The van der Waals surface area contributed by atoms with Gasteiger partial charge in [-0.15, -0.1) is 0 Å². The van der Waals surface area contributed by atoms with E-state index in [1.807, 2.05) is 30.3 Å². The van der Waals surface area contributed by atoms with Gasteiger partial charge < -0.3 is 14.2 Å². The Morgan fingerprint density at radius 2 is 1.72 bits per heavy atom. The molecular weight excluding hydrogens is 340 g/mol. The molecule has 0 heterocycles. The van der Waals surface area contributed by atoms with Gasteiger partial charge in [-0.1, -0.05) is 29.8 Å². The van der Waals surface area contributed by atoms with Crippen LogP contribution in [0.1, 0.15) is 27.9 Å². The minimum atomic E-state index is -0.0594. The molecule has 0 saturated heterocycles. The van der Waals surface area contributed by atoms with Crippen LogP contribution in [0.4, 0.5) is 0 Å². The average Bonchev–Trinajstić information content (AvgIpc) is 2.64. The number of methoxy groups -OCH3 is 3. The quantitative estimate of drug-likeness (QED) is 0.750. The standard InChI is InChI=1S/C20H19ClO4/c1-23-15-6-4-5-13(18(15)21)11-14-8-7-12-9-10-16(24-2)20(25-3)17(12)19(14)22/h4-6,9-11H,7-8H2,1-3H3. The fourth-order valence-corrected chi connectivity index (χ4v) is 3.35. The van der Waals surface area contributed by atoms with Crippen molar-refractivity contribution in [2.75, 3.05) is 21.3 Å². The van der Waals surface area contributed by atoms with Gasteiger partial charge in [0.25, 0.3) is 0 Å². The number of aryl methyl sites for hydroxylation is 1. The summed E-state index contributed by atoms with van der Waals surface area (Å²) < 4.78 is 16.0. The minimum Gasteiger partial charge on any atom is -0.495 e. The Bertz CT molecular complexity index is 855. The number of Topliss-reactive ketones (excluding diaryl/α,β-unsaturated/α-hetero) is 1. The molecule has 2 aromatic rings. The number of allylic oxidation sites excluding steroid dienone is 1. The van der Waals surface area contributed by atoms with E-state index in [0.717, 1.165) is 17.5 Å². The summed E-state index contributed by atoms with van der Waals surface area (Å²) in [7, 11) is 4.67. The lowest BCUT2D eigenvalue weighted by molar-refractivity contribution is 0.102. The Morgan fingerprint density at radius 3 is 2.40 bits per heavy atom. The molecule has 1 aliphatic rings. The molecule has 0 bridgehead atoms. The van der Waals surface area contributed by atoms with Gasteiger partial charge in [0.15, 0.2) is 17.3 Å². The summed E-state index contributed by atoms with van der Waals surface area (Å²) in [6.07, 6.45) is 3.23. The third-order valence-electron chi connectivity index (χ3n) is 4.36. The van der Waals surface area contributed by atoms with Crippen molar-refractivity contribution < 1.29 is 19.0 Å². The second kappa shape index (κ2) is 7.19. The van der Waals surface area contributed by atoms with E-state index in [-0.39, 0.29) is 5.78 Å². The van der Waals surface area contributed by atoms with Crippen LogP contribution in [0.15, 0.2) is 35.9 Å². The highest BCUT2D eigenvalue weighted by molar-refractivity contribution is 6.33. The molecule has 2 aromatic carbocycles. The van der Waals surface area contributed by atoms with Crippen molar-refractivity contribution in [1.82, 2.24) is 0 Å². The number of rotatable bonds is 4. The highest BCUT2D eigenvalue weighted by Gasteiger charge is 2.28. The number of carbonyl (C=O) groups is 1. The number of benzene rings is 2. The topological polar surface area (TPSA) is 44.8 Å². The van der Waals surface area contributed by atoms with Gasteiger partial charge in [0.2, 0.25) is 0 Å². The first-order valence-electron chi connectivity index (χ1n) is 7.92. The van der Waals surface area contributed by atoms with Crippen LogP contribution in [0, 0.1) is 0 Å². The summed E-state index contributed by atoms with van der Waals surface area (Å²) in [6, 6.07) is 9.25. The molecule has 4 nitrogen and oxygen atoms in total. The van der Waals surface area contributed by atoms with Gasteiger partial charge in [-0.2, -0.15) is 0 Å². The molecule has 0 aromatic heterocycles. The lowest BCUT2D eigenvalue weighted by Gasteiger charge is -2.21. The van der Waals surface area contributed by atoms with E-state index in [0.29, 0.717) is 39.8 Å². The molecule has 0 fully saturated rings. The number of halogens is 1. The minimum absolute atomic E-state index is 0.0594. The maximum Gasteiger partial charge on any atom is 0.193 e. The van der Waals surface area contributed by atoms with Gasteiger partial charge >= 0.3 is 0 Å². The number of fused-ring (bicyclic) bond motifs is 1. The van der Waals surface area contributed by atoms with E-state index in [1.165, 1.54) is 0 Å². The van der Waals surface area contributed by atoms with E-state index in [1.54, 1.807) is 27.4 Å². The fourth-order valence-electron chi connectivity index (χ4n) is 3.09. The molecule has 3 rings (SSSR count). The zero-order chi connectivity index (χ0) is 18.0. The van der Waals surface area contributed by atoms with Crippen LogP contribution in [-0.2, 0) is 6.42 Å². The summed E-state index contributed by atoms with van der Waals surface area (Å²) in [6.45, 7) is 0. The maximum atomic E-state index is 13.1. The molecule has 0 amide bonds. The molecule has 1 aliphatic carbocycles. The Balaban J connectivity index is 2.08. The summed E-state index contributed by atoms with van der Waals surface area (Å²) in [5.74, 6) is 1.55. The predicted molar refractivity (Wildman–Crippen MR) is 98.2 cm³/mol. The van der Waals surface area contributed by atoms with Crippen LogP contribution in [0.5, 0.6) is 17.2 Å². The van der Waals surface area contributed by atoms with Gasteiger partial charge in [-0.25, -0.2) is 0 Å². The lowest BCUT2D eigenvalue weighted by atomic mass is 9.85. The summed E-state index contributed by atoms with van der Waals surface area (Å²) >= 11 is 6.36. The van der Waals surface area contributed by atoms with E-state index in [9.17, 15) is 4.79 Å². The number of hydrogen-bond acceptors (Lipinski definition) is 4. The monoisotopic (exact) mass is 358 g/mol. The number of hydrogen-bond donors (Lipinski definition) is 0. The van der Waals surface area contributed by atoms with Gasteiger partial charge in [0.05, 0.1) is 31.9 Å². The summed E-state index contributed by atoms with van der Waals surface area (Å²) in [5.41, 5.74) is 2.98. The van der Waals surface area contributed by atoms with Crippen LogP contribution in [0.2, 0.25) is 5.02 Å². The van der Waals surface area contributed by atoms with Crippen molar-refractivity contribution in [2.45, 2.75) is 12.8 Å². The van der Waals surface area contributed by atoms with Crippen molar-refractivity contribution in [2.24, 2.45) is 0 Å². The normalized spacial score (nSPS) is 15.0. The van der Waals surface area contributed by atoms with Crippen molar-refractivity contribution in [1.29, 1.82) is 0 Å². The van der Waals surface area contributed by atoms with Crippen LogP contribution < -0.4 is 14.2 Å². The maximum absolute atomic E-state index is 13.1. The van der Waals surface area contributed by atoms with Crippen LogP contribution >= 0.6 is 11.6 Å². The molecule has 0 N–H and O–H groups in total. The zero-order valence-corrected chi connectivity index (χ0v) is 15.1. The Hall–Kier alpha value is -2.46. The number of carbonyl (C=O) groups excluding carboxylic acids is 1. The first-order chi connectivity index (χ1) is 12.1. The Labute approximate surface area is 152 Å². The first-order valence-corrected chi connectivity index (χ1v) is 8.30. The smallest absolute Gasteiger partial charge is 0.193 e. The van der Waals surface area contributed by atoms with Crippen LogP contribution in [0.3, 0.4) is 0 Å². The van der Waals surface area contributed by atoms with Crippen molar-refractivity contribution in [3.8, 4) is 17.2 Å². The summed E-state index contributed by atoms with van der Waals surface area (Å²) in [4.78, 5) is 13.1. The Morgan fingerprint density at radius 1 is 0.960 bits per heavy atom. The van der Waals surface area contributed by atoms with Crippen LogP contribution in [-0.4, -0.2) is 27.1 Å². The average molecular weight is 359 g/mol. The highest BCUT2D eigenvalue weighted by atomic mass is 35.5. The fraction of sp³-hybridized carbons (Fsp3) is 0.250. The number of ketones is 1. The second-order valence-corrected chi connectivity index (χ2v) is 6.08. The molecular formula is C20H19ClO4. The van der Waals surface area contributed by atoms with Gasteiger partial charge in [-0.05, 0) is 42.2 Å².